The third-order valence-electron chi connectivity index (χ3n) is 4.72. The van der Waals surface area contributed by atoms with Crippen molar-refractivity contribution in [1.29, 1.82) is 0 Å². The highest BCUT2D eigenvalue weighted by Crippen LogP contribution is 2.25. The van der Waals surface area contributed by atoms with Gasteiger partial charge in [-0.25, -0.2) is 4.98 Å². The topological polar surface area (TPSA) is 112 Å². The van der Waals surface area contributed by atoms with E-state index in [0.29, 0.717) is 28.2 Å². The number of amides is 2. The first-order valence-electron chi connectivity index (χ1n) is 9.67. The van der Waals surface area contributed by atoms with Crippen LogP contribution in [0.5, 0.6) is 11.5 Å². The van der Waals surface area contributed by atoms with Crippen molar-refractivity contribution in [3.63, 3.8) is 0 Å². The number of aromatic nitrogens is 2. The van der Waals surface area contributed by atoms with E-state index >= 15 is 0 Å². The number of aryl methyl sites for hydroxylation is 1. The second-order valence-corrected chi connectivity index (χ2v) is 6.76. The summed E-state index contributed by atoms with van der Waals surface area (Å²) in [4.78, 5) is 41.8. The fourth-order valence-corrected chi connectivity index (χ4v) is 3.15. The third kappa shape index (κ3) is 5.19. The van der Waals surface area contributed by atoms with Crippen molar-refractivity contribution < 1.29 is 19.1 Å². The standard InChI is InChI=1S/C22H24N4O5/c1-23-20(27)9-8-18-22(29)26(19-7-5-4-6-17(19)25-18)13-21(28)24-14-10-15(30-2)12-16(11-14)31-3/h4-7,10-12H,8-9,13H2,1-3H3,(H,23,27)(H,24,28). The number of fused-ring (bicyclic) bond motifs is 1. The number of hydrogen-bond acceptors (Lipinski definition) is 6. The van der Waals surface area contributed by atoms with Crippen LogP contribution >= 0.6 is 0 Å². The van der Waals surface area contributed by atoms with Crippen LogP contribution in [0.15, 0.2) is 47.3 Å². The Hall–Kier alpha value is -3.88. The average molecular weight is 424 g/mol. The van der Waals surface area contributed by atoms with Crippen LogP contribution in [0.25, 0.3) is 11.0 Å². The van der Waals surface area contributed by atoms with Gasteiger partial charge in [0.15, 0.2) is 0 Å². The van der Waals surface area contributed by atoms with Crippen molar-refractivity contribution >= 4 is 28.5 Å². The molecule has 1 heterocycles. The average Bonchev–Trinajstić information content (AvgIpc) is 2.79. The molecule has 2 N–H and O–H groups in total. The van der Waals surface area contributed by atoms with Crippen molar-refractivity contribution in [1.82, 2.24) is 14.9 Å². The van der Waals surface area contributed by atoms with Gasteiger partial charge in [0.05, 0.1) is 25.3 Å². The number of carbonyl (C=O) groups is 2. The highest BCUT2D eigenvalue weighted by molar-refractivity contribution is 5.92. The van der Waals surface area contributed by atoms with Crippen molar-refractivity contribution in [3.05, 3.63) is 58.5 Å². The predicted molar refractivity (Wildman–Crippen MR) is 117 cm³/mol. The van der Waals surface area contributed by atoms with Gasteiger partial charge in [-0.3, -0.25) is 19.0 Å². The highest BCUT2D eigenvalue weighted by atomic mass is 16.5. The number of nitrogens with one attached hydrogen (secondary N) is 2. The van der Waals surface area contributed by atoms with E-state index in [4.69, 9.17) is 9.47 Å². The van der Waals surface area contributed by atoms with Crippen LogP contribution < -0.4 is 25.7 Å². The quantitative estimate of drug-likeness (QED) is 0.570. The summed E-state index contributed by atoms with van der Waals surface area (Å²) in [6.07, 6.45) is 0.310. The molecule has 0 fully saturated rings. The van der Waals surface area contributed by atoms with Gasteiger partial charge in [0, 0.05) is 43.8 Å². The lowest BCUT2D eigenvalue weighted by atomic mass is 10.2. The molecule has 0 aliphatic heterocycles. The van der Waals surface area contributed by atoms with Crippen LogP contribution in [0.2, 0.25) is 0 Å². The number of anilines is 1. The fourth-order valence-electron chi connectivity index (χ4n) is 3.15. The molecular formula is C22H24N4O5. The lowest BCUT2D eigenvalue weighted by Crippen LogP contribution is -2.31. The largest absolute Gasteiger partial charge is 0.497 e. The number of carbonyl (C=O) groups excluding carboxylic acids is 2. The molecule has 0 saturated heterocycles. The van der Waals surface area contributed by atoms with Gasteiger partial charge < -0.3 is 20.1 Å². The minimum absolute atomic E-state index is 0.132. The lowest BCUT2D eigenvalue weighted by molar-refractivity contribution is -0.120. The van der Waals surface area contributed by atoms with Crippen LogP contribution in [0.4, 0.5) is 5.69 Å². The Kier molecular flexibility index (Phi) is 6.86. The molecule has 3 rings (SSSR count). The normalized spacial score (nSPS) is 10.5. The van der Waals surface area contributed by atoms with Gasteiger partial charge in [0.2, 0.25) is 11.8 Å². The predicted octanol–water partition coefficient (Wildman–Crippen LogP) is 1.73. The molecule has 0 unspecified atom stereocenters. The number of hydrogen-bond donors (Lipinski definition) is 2. The van der Waals surface area contributed by atoms with E-state index in [2.05, 4.69) is 15.6 Å². The Morgan fingerprint density at radius 2 is 1.71 bits per heavy atom. The van der Waals surface area contributed by atoms with Gasteiger partial charge in [0.1, 0.15) is 23.7 Å². The Morgan fingerprint density at radius 1 is 1.03 bits per heavy atom. The number of ether oxygens (including phenoxy) is 2. The molecule has 0 bridgehead atoms. The van der Waals surface area contributed by atoms with E-state index < -0.39 is 11.5 Å². The first kappa shape index (κ1) is 21.8. The first-order valence-corrected chi connectivity index (χ1v) is 9.67. The maximum atomic E-state index is 13.0. The van der Waals surface area contributed by atoms with E-state index in [1.165, 1.54) is 25.8 Å². The van der Waals surface area contributed by atoms with Crippen LogP contribution in [-0.2, 0) is 22.6 Å². The molecule has 31 heavy (non-hydrogen) atoms. The van der Waals surface area contributed by atoms with Crippen molar-refractivity contribution in [3.8, 4) is 11.5 Å². The summed E-state index contributed by atoms with van der Waals surface area (Å²) in [5.41, 5.74) is 1.42. The van der Waals surface area contributed by atoms with Gasteiger partial charge >= 0.3 is 0 Å². The van der Waals surface area contributed by atoms with Gasteiger partial charge in [-0.1, -0.05) is 12.1 Å². The molecule has 2 amide bonds. The number of para-hydroxylation sites is 2. The fraction of sp³-hybridized carbons (Fsp3) is 0.273. The molecule has 1 aromatic heterocycles. The maximum absolute atomic E-state index is 13.0. The molecule has 9 nitrogen and oxygen atoms in total. The summed E-state index contributed by atoms with van der Waals surface area (Å²) in [6, 6.07) is 12.1. The zero-order chi connectivity index (χ0) is 22.4. The minimum Gasteiger partial charge on any atom is -0.497 e. The number of rotatable bonds is 8. The van der Waals surface area contributed by atoms with E-state index in [1.54, 1.807) is 42.5 Å². The Labute approximate surface area is 179 Å². The summed E-state index contributed by atoms with van der Waals surface area (Å²) in [5.74, 6) is 0.465. The van der Waals surface area contributed by atoms with E-state index in [0.717, 1.165) is 0 Å². The van der Waals surface area contributed by atoms with Crippen LogP contribution in [-0.4, -0.2) is 42.6 Å². The Morgan fingerprint density at radius 3 is 2.35 bits per heavy atom. The number of methoxy groups -OCH3 is 2. The molecular weight excluding hydrogens is 400 g/mol. The minimum atomic E-state index is -0.402. The van der Waals surface area contributed by atoms with Crippen molar-refractivity contribution in [2.24, 2.45) is 0 Å². The van der Waals surface area contributed by atoms with Crippen LogP contribution in [0.3, 0.4) is 0 Å². The summed E-state index contributed by atoms with van der Waals surface area (Å²) in [7, 11) is 4.57. The van der Waals surface area contributed by atoms with E-state index in [1.807, 2.05) is 0 Å². The Bertz CT molecular complexity index is 1150. The van der Waals surface area contributed by atoms with Gasteiger partial charge in [-0.05, 0) is 12.1 Å². The smallest absolute Gasteiger partial charge is 0.273 e. The summed E-state index contributed by atoms with van der Waals surface area (Å²) < 4.78 is 11.8. The van der Waals surface area contributed by atoms with E-state index in [-0.39, 0.29) is 31.0 Å². The summed E-state index contributed by atoms with van der Waals surface area (Å²) in [6.45, 7) is -0.214. The van der Waals surface area contributed by atoms with Gasteiger partial charge in [-0.15, -0.1) is 0 Å². The molecule has 9 heteroatoms. The molecule has 0 spiro atoms. The number of nitrogens with zero attached hydrogens (tertiary/aromatic N) is 2. The zero-order valence-electron chi connectivity index (χ0n) is 17.6. The van der Waals surface area contributed by atoms with E-state index in [9.17, 15) is 14.4 Å². The maximum Gasteiger partial charge on any atom is 0.273 e. The molecule has 0 aliphatic rings. The lowest BCUT2D eigenvalue weighted by Gasteiger charge is -2.13. The third-order valence-corrected chi connectivity index (χ3v) is 4.72. The van der Waals surface area contributed by atoms with Gasteiger partial charge in [-0.2, -0.15) is 0 Å². The molecule has 0 radical (unpaired) electrons. The summed E-state index contributed by atoms with van der Waals surface area (Å²) in [5, 5.41) is 5.29. The number of benzene rings is 2. The summed E-state index contributed by atoms with van der Waals surface area (Å²) >= 11 is 0. The second kappa shape index (κ2) is 9.75. The molecule has 0 saturated carbocycles. The van der Waals surface area contributed by atoms with Gasteiger partial charge in [0.25, 0.3) is 5.56 Å². The SMILES string of the molecule is CNC(=O)CCc1nc2ccccc2n(CC(=O)Nc2cc(OC)cc(OC)c2)c1=O. The Balaban J connectivity index is 1.91. The molecule has 162 valence electrons. The second-order valence-electron chi connectivity index (χ2n) is 6.76. The first-order chi connectivity index (χ1) is 14.9. The van der Waals surface area contributed by atoms with Crippen molar-refractivity contribution in [2.75, 3.05) is 26.6 Å². The zero-order valence-corrected chi connectivity index (χ0v) is 17.6. The van der Waals surface area contributed by atoms with Crippen LogP contribution in [0.1, 0.15) is 12.1 Å². The molecule has 0 atom stereocenters. The monoisotopic (exact) mass is 424 g/mol. The molecule has 3 aromatic rings. The van der Waals surface area contributed by atoms with Crippen LogP contribution in [0, 0.1) is 0 Å². The highest BCUT2D eigenvalue weighted by Gasteiger charge is 2.15. The molecule has 2 aromatic carbocycles. The van der Waals surface area contributed by atoms with Crippen molar-refractivity contribution in [2.45, 2.75) is 19.4 Å². The molecule has 0 aliphatic carbocycles.